The molecule has 148 valence electrons. The van der Waals surface area contributed by atoms with Gasteiger partial charge in [-0.25, -0.2) is 0 Å². The molecule has 0 atom stereocenters. The number of alkyl halides is 3. The Morgan fingerprint density at radius 1 is 1.11 bits per heavy atom. The van der Waals surface area contributed by atoms with E-state index in [0.29, 0.717) is 16.7 Å². The Hall–Kier alpha value is -2.75. The Morgan fingerprint density at radius 3 is 2.54 bits per heavy atom. The third kappa shape index (κ3) is 5.16. The molecule has 0 radical (unpaired) electrons. The van der Waals surface area contributed by atoms with Gasteiger partial charge in [0.15, 0.2) is 6.61 Å². The van der Waals surface area contributed by atoms with E-state index in [4.69, 9.17) is 9.47 Å². The van der Waals surface area contributed by atoms with Gasteiger partial charge in [0, 0.05) is 5.75 Å². The summed E-state index contributed by atoms with van der Waals surface area (Å²) >= 11 is 1.40. The van der Waals surface area contributed by atoms with Crippen molar-refractivity contribution < 1.29 is 22.6 Å². The number of hydrogen-bond donors (Lipinski definition) is 0. The summed E-state index contributed by atoms with van der Waals surface area (Å²) in [5.41, 5.74) is 2.66. The van der Waals surface area contributed by atoms with Crippen molar-refractivity contribution in [1.82, 2.24) is 20.2 Å². The van der Waals surface area contributed by atoms with Gasteiger partial charge in [-0.2, -0.15) is 17.9 Å². The Balaban J connectivity index is 1.68. The number of aromatic nitrogens is 4. The fourth-order valence-electron chi connectivity index (χ4n) is 2.38. The lowest BCUT2D eigenvalue weighted by atomic mass is 10.2. The van der Waals surface area contributed by atoms with Crippen molar-refractivity contribution in [3.05, 3.63) is 53.6 Å². The molecule has 28 heavy (non-hydrogen) atoms. The highest BCUT2D eigenvalue weighted by atomic mass is 32.2. The zero-order chi connectivity index (χ0) is 20.1. The first-order chi connectivity index (χ1) is 13.4. The number of rotatable bonds is 7. The predicted molar refractivity (Wildman–Crippen MR) is 98.0 cm³/mol. The molecular formula is C18H17F3N4O2S. The maximum absolute atomic E-state index is 12.2. The zero-order valence-electron chi connectivity index (χ0n) is 15.1. The number of thioether (sulfide) groups is 1. The van der Waals surface area contributed by atoms with Gasteiger partial charge in [0.05, 0.1) is 7.11 Å². The molecule has 0 fully saturated rings. The smallest absolute Gasteiger partial charge is 0.422 e. The molecule has 0 bridgehead atoms. The normalized spacial score (nSPS) is 11.5. The number of methoxy groups -OCH3 is 1. The molecule has 6 nitrogen and oxygen atoms in total. The number of tetrazole rings is 1. The summed E-state index contributed by atoms with van der Waals surface area (Å²) in [5.74, 6) is 1.35. The minimum Gasteiger partial charge on any atom is -0.494 e. The van der Waals surface area contributed by atoms with Crippen LogP contribution in [-0.4, -0.2) is 40.1 Å². The third-order valence-corrected chi connectivity index (χ3v) is 4.69. The monoisotopic (exact) mass is 410 g/mol. The van der Waals surface area contributed by atoms with E-state index in [-0.39, 0.29) is 5.75 Å². The van der Waals surface area contributed by atoms with Crippen LogP contribution in [0.1, 0.15) is 11.1 Å². The van der Waals surface area contributed by atoms with E-state index in [1.807, 2.05) is 25.1 Å². The molecule has 0 aliphatic carbocycles. The van der Waals surface area contributed by atoms with E-state index in [9.17, 15) is 13.2 Å². The molecule has 0 saturated heterocycles. The second-order valence-corrected chi connectivity index (χ2v) is 6.83. The number of aryl methyl sites for hydroxylation is 1. The summed E-state index contributed by atoms with van der Waals surface area (Å²) in [4.78, 5) is 0. The van der Waals surface area contributed by atoms with Crippen LogP contribution >= 0.6 is 11.8 Å². The molecule has 0 saturated carbocycles. The lowest BCUT2D eigenvalue weighted by Crippen LogP contribution is -2.19. The molecule has 0 spiro atoms. The van der Waals surface area contributed by atoms with Gasteiger partial charge in [-0.15, -0.1) is 5.10 Å². The summed E-state index contributed by atoms with van der Waals surface area (Å²) in [6.45, 7) is 0.650. The minimum atomic E-state index is -4.36. The van der Waals surface area contributed by atoms with Crippen molar-refractivity contribution in [3.63, 3.8) is 0 Å². The number of ether oxygens (including phenoxy) is 2. The van der Waals surface area contributed by atoms with Gasteiger partial charge >= 0.3 is 6.18 Å². The topological polar surface area (TPSA) is 62.1 Å². The summed E-state index contributed by atoms with van der Waals surface area (Å²) < 4.78 is 48.3. The summed E-state index contributed by atoms with van der Waals surface area (Å²) in [6.07, 6.45) is -4.36. The van der Waals surface area contributed by atoms with Gasteiger partial charge < -0.3 is 9.47 Å². The molecule has 10 heteroatoms. The Morgan fingerprint density at radius 2 is 1.86 bits per heavy atom. The van der Waals surface area contributed by atoms with E-state index < -0.39 is 12.8 Å². The Labute approximate surface area is 163 Å². The van der Waals surface area contributed by atoms with Crippen LogP contribution in [-0.2, 0) is 5.75 Å². The van der Waals surface area contributed by atoms with Crippen LogP contribution in [0.5, 0.6) is 11.5 Å². The van der Waals surface area contributed by atoms with E-state index in [0.717, 1.165) is 16.8 Å². The highest BCUT2D eigenvalue weighted by Crippen LogP contribution is 2.29. The lowest BCUT2D eigenvalue weighted by Gasteiger charge is -2.11. The first kappa shape index (κ1) is 20.0. The maximum atomic E-state index is 12.2. The standard InChI is InChI=1S/C18H17F3N4O2S/c1-12-3-8-16(26-2)15(9-12)25-17(22-23-24-25)28-10-13-4-6-14(7-5-13)27-11-18(19,20)21/h3-9H,10-11H2,1-2H3. The van der Waals surface area contributed by atoms with Gasteiger partial charge in [0.25, 0.3) is 0 Å². The second-order valence-electron chi connectivity index (χ2n) is 5.89. The van der Waals surface area contributed by atoms with Crippen molar-refractivity contribution in [1.29, 1.82) is 0 Å². The van der Waals surface area contributed by atoms with Crippen molar-refractivity contribution in [2.24, 2.45) is 0 Å². The van der Waals surface area contributed by atoms with E-state index in [2.05, 4.69) is 15.5 Å². The van der Waals surface area contributed by atoms with Gasteiger partial charge in [-0.1, -0.05) is 30.0 Å². The largest absolute Gasteiger partial charge is 0.494 e. The third-order valence-electron chi connectivity index (χ3n) is 3.70. The minimum absolute atomic E-state index is 0.167. The van der Waals surface area contributed by atoms with Crippen molar-refractivity contribution in [3.8, 4) is 17.2 Å². The summed E-state index contributed by atoms with van der Waals surface area (Å²) in [6, 6.07) is 12.1. The van der Waals surface area contributed by atoms with Crippen molar-refractivity contribution in [2.45, 2.75) is 24.0 Å². The molecule has 2 aromatic carbocycles. The highest BCUT2D eigenvalue weighted by Gasteiger charge is 2.28. The molecule has 1 aromatic heterocycles. The average Bonchev–Trinajstić information content (AvgIpc) is 3.13. The Bertz CT molecular complexity index is 929. The predicted octanol–water partition coefficient (Wildman–Crippen LogP) is 4.21. The second kappa shape index (κ2) is 8.51. The van der Waals surface area contributed by atoms with Crippen LogP contribution in [0.2, 0.25) is 0 Å². The van der Waals surface area contributed by atoms with Crippen LogP contribution in [0, 0.1) is 6.92 Å². The number of hydrogen-bond acceptors (Lipinski definition) is 6. The van der Waals surface area contributed by atoms with E-state index in [1.165, 1.54) is 23.9 Å². The first-order valence-electron chi connectivity index (χ1n) is 8.20. The molecule has 3 rings (SSSR count). The van der Waals surface area contributed by atoms with E-state index in [1.54, 1.807) is 23.9 Å². The molecule has 0 aliphatic rings. The highest BCUT2D eigenvalue weighted by molar-refractivity contribution is 7.98. The Kier molecular flexibility index (Phi) is 6.08. The average molecular weight is 410 g/mol. The van der Waals surface area contributed by atoms with Crippen LogP contribution in [0.4, 0.5) is 13.2 Å². The summed E-state index contributed by atoms with van der Waals surface area (Å²) in [7, 11) is 1.58. The van der Waals surface area contributed by atoms with Crippen LogP contribution in [0.15, 0.2) is 47.6 Å². The molecule has 0 aliphatic heterocycles. The van der Waals surface area contributed by atoms with Gasteiger partial charge in [-0.3, -0.25) is 0 Å². The van der Waals surface area contributed by atoms with Gasteiger partial charge in [-0.05, 0) is 52.7 Å². The lowest BCUT2D eigenvalue weighted by molar-refractivity contribution is -0.153. The fraction of sp³-hybridized carbons (Fsp3) is 0.278. The van der Waals surface area contributed by atoms with Crippen molar-refractivity contribution >= 4 is 11.8 Å². The maximum Gasteiger partial charge on any atom is 0.422 e. The number of halogens is 3. The molecular weight excluding hydrogens is 393 g/mol. The van der Waals surface area contributed by atoms with Crippen molar-refractivity contribution in [2.75, 3.05) is 13.7 Å². The van der Waals surface area contributed by atoms with Gasteiger partial charge in [0.1, 0.15) is 17.2 Å². The molecule has 0 amide bonds. The number of nitrogens with zero attached hydrogens (tertiary/aromatic N) is 4. The SMILES string of the molecule is COc1ccc(C)cc1-n1nnnc1SCc1ccc(OCC(F)(F)F)cc1. The van der Waals surface area contributed by atoms with Gasteiger partial charge in [0.2, 0.25) is 5.16 Å². The van der Waals surface area contributed by atoms with E-state index >= 15 is 0 Å². The quantitative estimate of drug-likeness (QED) is 0.544. The molecule has 0 N–H and O–H groups in total. The number of benzene rings is 2. The molecule has 0 unspecified atom stereocenters. The first-order valence-corrected chi connectivity index (χ1v) is 9.19. The van der Waals surface area contributed by atoms with Crippen LogP contribution < -0.4 is 9.47 Å². The summed E-state index contributed by atoms with van der Waals surface area (Å²) in [5, 5.41) is 12.4. The molecule has 3 aromatic rings. The van der Waals surface area contributed by atoms with Crippen LogP contribution in [0.25, 0.3) is 5.69 Å². The van der Waals surface area contributed by atoms with Crippen LogP contribution in [0.3, 0.4) is 0 Å². The fourth-order valence-corrected chi connectivity index (χ4v) is 3.22. The zero-order valence-corrected chi connectivity index (χ0v) is 15.9. The molecule has 1 heterocycles.